The molecule has 0 amide bonds. The summed E-state index contributed by atoms with van der Waals surface area (Å²) in [5, 5.41) is 3.73. The Kier molecular flexibility index (Phi) is 1.46. The molecule has 1 aromatic heterocycles. The van der Waals surface area contributed by atoms with Crippen LogP contribution in [0.3, 0.4) is 0 Å². The summed E-state index contributed by atoms with van der Waals surface area (Å²) in [6.07, 6.45) is 3.85. The predicted molar refractivity (Wildman–Crippen MR) is 40.9 cm³/mol. The molecule has 1 heterocycles. The maximum absolute atomic E-state index is 5.93. The van der Waals surface area contributed by atoms with Crippen LogP contribution in [0.25, 0.3) is 0 Å². The fourth-order valence-electron chi connectivity index (χ4n) is 1.58. The van der Waals surface area contributed by atoms with Crippen molar-refractivity contribution in [2.75, 3.05) is 0 Å². The Balaban J connectivity index is 2.38. The maximum atomic E-state index is 5.93. The van der Waals surface area contributed by atoms with E-state index in [1.807, 2.05) is 0 Å². The Bertz CT molecular complexity index is 256. The SMILES string of the molecule is CC1CCc2oncc2C1N. The second kappa shape index (κ2) is 2.34. The van der Waals surface area contributed by atoms with Gasteiger partial charge in [-0.15, -0.1) is 0 Å². The molecule has 1 aromatic rings. The van der Waals surface area contributed by atoms with E-state index >= 15 is 0 Å². The van der Waals surface area contributed by atoms with Crippen LogP contribution in [-0.2, 0) is 6.42 Å². The van der Waals surface area contributed by atoms with Crippen molar-refractivity contribution in [3.05, 3.63) is 17.5 Å². The van der Waals surface area contributed by atoms with Gasteiger partial charge in [0.15, 0.2) is 0 Å². The summed E-state index contributed by atoms with van der Waals surface area (Å²) in [6, 6.07) is 0.130. The van der Waals surface area contributed by atoms with E-state index in [4.69, 9.17) is 10.3 Å². The molecule has 3 nitrogen and oxygen atoms in total. The van der Waals surface area contributed by atoms with Crippen molar-refractivity contribution in [1.29, 1.82) is 0 Å². The van der Waals surface area contributed by atoms with E-state index in [0.29, 0.717) is 5.92 Å². The van der Waals surface area contributed by atoms with Gasteiger partial charge in [-0.25, -0.2) is 0 Å². The highest BCUT2D eigenvalue weighted by molar-refractivity contribution is 5.21. The van der Waals surface area contributed by atoms with Crippen LogP contribution in [0.1, 0.15) is 30.7 Å². The van der Waals surface area contributed by atoms with Gasteiger partial charge >= 0.3 is 0 Å². The zero-order valence-electron chi connectivity index (χ0n) is 6.58. The van der Waals surface area contributed by atoms with Crippen LogP contribution >= 0.6 is 0 Å². The third-order valence-corrected chi connectivity index (χ3v) is 2.48. The summed E-state index contributed by atoms with van der Waals surface area (Å²) < 4.78 is 5.04. The van der Waals surface area contributed by atoms with Crippen molar-refractivity contribution in [1.82, 2.24) is 5.16 Å². The highest BCUT2D eigenvalue weighted by atomic mass is 16.5. The van der Waals surface area contributed by atoms with E-state index < -0.39 is 0 Å². The van der Waals surface area contributed by atoms with Crippen molar-refractivity contribution >= 4 is 0 Å². The van der Waals surface area contributed by atoms with E-state index in [1.54, 1.807) is 6.20 Å². The summed E-state index contributed by atoms with van der Waals surface area (Å²) >= 11 is 0. The van der Waals surface area contributed by atoms with Crippen molar-refractivity contribution in [2.45, 2.75) is 25.8 Å². The van der Waals surface area contributed by atoms with E-state index in [0.717, 1.165) is 24.2 Å². The van der Waals surface area contributed by atoms with Crippen LogP contribution in [0.2, 0.25) is 0 Å². The number of fused-ring (bicyclic) bond motifs is 1. The maximum Gasteiger partial charge on any atom is 0.141 e. The number of rotatable bonds is 0. The van der Waals surface area contributed by atoms with Gasteiger partial charge < -0.3 is 10.3 Å². The van der Waals surface area contributed by atoms with Crippen molar-refractivity contribution < 1.29 is 4.52 Å². The van der Waals surface area contributed by atoms with Crippen LogP contribution in [0.5, 0.6) is 0 Å². The molecule has 2 unspecified atom stereocenters. The Morgan fingerprint density at radius 3 is 3.36 bits per heavy atom. The van der Waals surface area contributed by atoms with Crippen LogP contribution in [0.4, 0.5) is 0 Å². The van der Waals surface area contributed by atoms with Gasteiger partial charge in [-0.05, 0) is 12.3 Å². The molecule has 2 N–H and O–H groups in total. The lowest BCUT2D eigenvalue weighted by atomic mass is 9.85. The molecule has 0 fully saturated rings. The summed E-state index contributed by atoms with van der Waals surface area (Å²) in [6.45, 7) is 2.17. The van der Waals surface area contributed by atoms with E-state index in [9.17, 15) is 0 Å². The molecule has 2 atom stereocenters. The van der Waals surface area contributed by atoms with Gasteiger partial charge in [0.1, 0.15) is 5.76 Å². The second-order valence-electron chi connectivity index (χ2n) is 3.25. The van der Waals surface area contributed by atoms with Gasteiger partial charge in [0.05, 0.1) is 6.20 Å². The van der Waals surface area contributed by atoms with E-state index in [2.05, 4.69) is 12.1 Å². The smallest absolute Gasteiger partial charge is 0.141 e. The average molecular weight is 152 g/mol. The number of aryl methyl sites for hydroxylation is 1. The standard InChI is InChI=1S/C8H12N2O/c1-5-2-3-7-6(8(5)9)4-10-11-7/h4-5,8H,2-3,9H2,1H3. The monoisotopic (exact) mass is 152 g/mol. The van der Waals surface area contributed by atoms with Crippen LogP contribution < -0.4 is 5.73 Å². The Labute approximate surface area is 65.6 Å². The number of nitrogens with two attached hydrogens (primary N) is 1. The average Bonchev–Trinajstić information content (AvgIpc) is 2.45. The Morgan fingerprint density at radius 2 is 2.55 bits per heavy atom. The minimum atomic E-state index is 0.130. The lowest BCUT2D eigenvalue weighted by molar-refractivity contribution is 0.334. The Morgan fingerprint density at radius 1 is 1.73 bits per heavy atom. The first-order chi connectivity index (χ1) is 5.29. The molecule has 0 saturated heterocycles. The van der Waals surface area contributed by atoms with Crippen molar-refractivity contribution in [3.8, 4) is 0 Å². The molecule has 1 aliphatic rings. The quantitative estimate of drug-likeness (QED) is 0.608. The largest absolute Gasteiger partial charge is 0.361 e. The second-order valence-corrected chi connectivity index (χ2v) is 3.25. The van der Waals surface area contributed by atoms with Crippen LogP contribution in [0, 0.1) is 5.92 Å². The lowest BCUT2D eigenvalue weighted by Gasteiger charge is -2.23. The lowest BCUT2D eigenvalue weighted by Crippen LogP contribution is -2.23. The topological polar surface area (TPSA) is 52.0 Å². The number of nitrogens with zero attached hydrogens (tertiary/aromatic N) is 1. The molecule has 0 aliphatic heterocycles. The van der Waals surface area contributed by atoms with Crippen molar-refractivity contribution in [2.24, 2.45) is 11.7 Å². The van der Waals surface area contributed by atoms with Gasteiger partial charge in [-0.3, -0.25) is 0 Å². The first-order valence-electron chi connectivity index (χ1n) is 3.98. The molecule has 0 radical (unpaired) electrons. The number of hydrogen-bond acceptors (Lipinski definition) is 3. The normalized spacial score (nSPS) is 30.0. The van der Waals surface area contributed by atoms with E-state index in [-0.39, 0.29) is 6.04 Å². The van der Waals surface area contributed by atoms with Crippen LogP contribution in [0.15, 0.2) is 10.7 Å². The van der Waals surface area contributed by atoms with Gasteiger partial charge in [0.25, 0.3) is 0 Å². The molecular weight excluding hydrogens is 140 g/mol. The molecule has 0 saturated carbocycles. The van der Waals surface area contributed by atoms with Gasteiger partial charge in [-0.2, -0.15) is 0 Å². The number of aromatic nitrogens is 1. The zero-order valence-corrected chi connectivity index (χ0v) is 6.58. The first-order valence-corrected chi connectivity index (χ1v) is 3.98. The van der Waals surface area contributed by atoms with E-state index in [1.165, 1.54) is 0 Å². The number of hydrogen-bond donors (Lipinski definition) is 1. The van der Waals surface area contributed by atoms with Gasteiger partial charge in [-0.1, -0.05) is 12.1 Å². The highest BCUT2D eigenvalue weighted by Gasteiger charge is 2.26. The molecule has 0 aromatic carbocycles. The summed E-state index contributed by atoms with van der Waals surface area (Å²) in [5.74, 6) is 1.54. The molecule has 11 heavy (non-hydrogen) atoms. The molecule has 60 valence electrons. The molecule has 3 heteroatoms. The first kappa shape index (κ1) is 6.85. The third-order valence-electron chi connectivity index (χ3n) is 2.48. The third kappa shape index (κ3) is 0.959. The molecule has 0 spiro atoms. The molecule has 0 bridgehead atoms. The fraction of sp³-hybridized carbons (Fsp3) is 0.625. The Hall–Kier alpha value is -0.830. The minimum Gasteiger partial charge on any atom is -0.361 e. The molecule has 2 rings (SSSR count). The van der Waals surface area contributed by atoms with Crippen molar-refractivity contribution in [3.63, 3.8) is 0 Å². The fourth-order valence-corrected chi connectivity index (χ4v) is 1.58. The highest BCUT2D eigenvalue weighted by Crippen LogP contribution is 2.31. The minimum absolute atomic E-state index is 0.130. The predicted octanol–water partition coefficient (Wildman–Crippen LogP) is 1.26. The summed E-state index contributed by atoms with van der Waals surface area (Å²) in [7, 11) is 0. The van der Waals surface area contributed by atoms with Crippen LogP contribution in [-0.4, -0.2) is 5.16 Å². The molecular formula is C8H12N2O. The van der Waals surface area contributed by atoms with Gasteiger partial charge in [0, 0.05) is 18.0 Å². The summed E-state index contributed by atoms with van der Waals surface area (Å²) in [5.41, 5.74) is 7.04. The molecule has 1 aliphatic carbocycles. The summed E-state index contributed by atoms with van der Waals surface area (Å²) in [4.78, 5) is 0. The zero-order chi connectivity index (χ0) is 7.84. The van der Waals surface area contributed by atoms with Gasteiger partial charge in [0.2, 0.25) is 0 Å².